The Morgan fingerprint density at radius 3 is 2.54 bits per heavy atom. The summed E-state index contributed by atoms with van der Waals surface area (Å²) in [6, 6.07) is 8.43. The highest BCUT2D eigenvalue weighted by Crippen LogP contribution is 2.31. The number of β-amino-alcohol motifs (C(OH)–C–C–N with tert-alkyl or cyclic N) is 1. The van der Waals surface area contributed by atoms with Gasteiger partial charge in [-0.2, -0.15) is 5.10 Å². The Kier molecular flexibility index (Phi) is 3.94. The van der Waals surface area contributed by atoms with Crippen molar-refractivity contribution in [1.82, 2.24) is 15.1 Å². The molecule has 0 spiro atoms. The van der Waals surface area contributed by atoms with Gasteiger partial charge in [-0.15, -0.1) is 0 Å². The lowest BCUT2D eigenvalue weighted by molar-refractivity contribution is -0.113. The molecule has 7 heteroatoms. The Morgan fingerprint density at radius 1 is 1.33 bits per heavy atom. The first-order valence-corrected chi connectivity index (χ1v) is 7.46. The summed E-state index contributed by atoms with van der Waals surface area (Å²) in [7, 11) is 1.64. The number of rotatable bonds is 4. The van der Waals surface area contributed by atoms with E-state index in [2.05, 4.69) is 16.8 Å². The Bertz CT molecular complexity index is 762. The van der Waals surface area contributed by atoms with Crippen LogP contribution in [0.2, 0.25) is 0 Å². The van der Waals surface area contributed by atoms with E-state index in [9.17, 15) is 14.7 Å². The summed E-state index contributed by atoms with van der Waals surface area (Å²) in [5, 5.41) is 17.0. The third-order valence-electron chi connectivity index (χ3n) is 4.20. The maximum atomic E-state index is 12.4. The van der Waals surface area contributed by atoms with Gasteiger partial charge in [0.25, 0.3) is 5.91 Å². The first-order valence-electron chi connectivity index (χ1n) is 7.46. The Hall–Kier alpha value is -2.93. The number of aliphatic hydroxyl groups is 1. The number of nitrogens with one attached hydrogen (secondary N) is 1. The molecule has 2 heterocycles. The van der Waals surface area contributed by atoms with Gasteiger partial charge in [-0.1, -0.05) is 6.58 Å². The van der Waals surface area contributed by atoms with Crippen molar-refractivity contribution < 1.29 is 14.7 Å². The van der Waals surface area contributed by atoms with Crippen molar-refractivity contribution in [1.29, 1.82) is 0 Å². The van der Waals surface area contributed by atoms with Crippen LogP contribution in [0, 0.1) is 0 Å². The van der Waals surface area contributed by atoms with Gasteiger partial charge in [0.15, 0.2) is 0 Å². The molecule has 1 fully saturated rings. The largest absolute Gasteiger partial charge is 0.380 e. The summed E-state index contributed by atoms with van der Waals surface area (Å²) in [5.74, 6) is -0.384. The van der Waals surface area contributed by atoms with Crippen LogP contribution in [0.1, 0.15) is 16.1 Å². The molecule has 0 bridgehead atoms. The number of amides is 2. The van der Waals surface area contributed by atoms with E-state index in [4.69, 9.17) is 0 Å². The van der Waals surface area contributed by atoms with Gasteiger partial charge >= 0.3 is 0 Å². The van der Waals surface area contributed by atoms with E-state index in [-0.39, 0.29) is 24.9 Å². The second-order valence-electron chi connectivity index (χ2n) is 5.81. The number of anilines is 1. The van der Waals surface area contributed by atoms with Gasteiger partial charge in [-0.05, 0) is 36.4 Å². The minimum Gasteiger partial charge on any atom is -0.380 e. The summed E-state index contributed by atoms with van der Waals surface area (Å²) in [4.78, 5) is 27.0. The molecule has 7 nitrogen and oxygen atoms in total. The maximum absolute atomic E-state index is 12.4. The number of aromatic nitrogens is 2. The monoisotopic (exact) mass is 326 g/mol. The number of nitrogens with zero attached hydrogens (tertiary/aromatic N) is 3. The standard InChI is InChI=1S/C17H18N4O3/c1-3-15(22)20(2)13-6-4-12(5-7-13)16(23)21-10-17(24,11-21)14-8-9-18-19-14/h3-9,24H,1,10-11H2,2H3,(H,18,19). The zero-order chi connectivity index (χ0) is 17.3. The molecule has 0 atom stereocenters. The van der Waals surface area contributed by atoms with Gasteiger partial charge in [-0.25, -0.2) is 0 Å². The fraction of sp³-hybridized carbons (Fsp3) is 0.235. The summed E-state index contributed by atoms with van der Waals surface area (Å²) in [5.41, 5.74) is 0.716. The Labute approximate surface area is 139 Å². The molecule has 0 unspecified atom stereocenters. The minimum atomic E-state index is -1.07. The lowest BCUT2D eigenvalue weighted by atomic mass is 9.90. The highest BCUT2D eigenvalue weighted by Gasteiger charge is 2.46. The van der Waals surface area contributed by atoms with Gasteiger partial charge < -0.3 is 14.9 Å². The van der Waals surface area contributed by atoms with Crippen molar-refractivity contribution in [3.8, 4) is 0 Å². The number of H-pyrrole nitrogens is 1. The average Bonchev–Trinajstić information content (AvgIpc) is 3.12. The van der Waals surface area contributed by atoms with Gasteiger partial charge in [-0.3, -0.25) is 14.7 Å². The predicted molar refractivity (Wildman–Crippen MR) is 88.4 cm³/mol. The summed E-state index contributed by atoms with van der Waals surface area (Å²) in [6.45, 7) is 3.87. The topological polar surface area (TPSA) is 89.5 Å². The molecular weight excluding hydrogens is 308 g/mol. The SMILES string of the molecule is C=CC(=O)N(C)c1ccc(C(=O)N2CC(O)(c3ccn[nH]3)C2)cc1. The highest BCUT2D eigenvalue weighted by atomic mass is 16.3. The zero-order valence-electron chi connectivity index (χ0n) is 13.3. The lowest BCUT2D eigenvalue weighted by Crippen LogP contribution is -2.61. The van der Waals surface area contributed by atoms with Gasteiger partial charge in [0, 0.05) is 24.5 Å². The minimum absolute atomic E-state index is 0.163. The van der Waals surface area contributed by atoms with Crippen LogP contribution in [0.25, 0.3) is 0 Å². The maximum Gasteiger partial charge on any atom is 0.254 e. The third kappa shape index (κ3) is 2.69. The van der Waals surface area contributed by atoms with Crippen LogP contribution >= 0.6 is 0 Å². The summed E-state index contributed by atoms with van der Waals surface area (Å²) in [6.07, 6.45) is 2.80. The van der Waals surface area contributed by atoms with E-state index < -0.39 is 5.60 Å². The molecule has 0 radical (unpaired) electrons. The number of likely N-dealkylation sites (N-methyl/N-ethyl adjacent to an activating group) is 1. The Morgan fingerprint density at radius 2 is 2.00 bits per heavy atom. The predicted octanol–water partition coefficient (Wildman–Crippen LogP) is 0.902. The van der Waals surface area contributed by atoms with E-state index in [1.165, 1.54) is 11.0 Å². The molecule has 0 saturated carbocycles. The van der Waals surface area contributed by atoms with Crippen molar-refractivity contribution in [3.05, 3.63) is 60.4 Å². The summed E-state index contributed by atoms with van der Waals surface area (Å²) < 4.78 is 0. The molecule has 1 saturated heterocycles. The Balaban J connectivity index is 1.67. The van der Waals surface area contributed by atoms with Crippen LogP contribution in [-0.2, 0) is 10.4 Å². The number of aromatic amines is 1. The molecule has 1 aliphatic heterocycles. The number of benzene rings is 1. The van der Waals surface area contributed by atoms with Crippen LogP contribution in [0.4, 0.5) is 5.69 Å². The van der Waals surface area contributed by atoms with Gasteiger partial charge in [0.2, 0.25) is 5.91 Å². The quantitative estimate of drug-likeness (QED) is 0.817. The van der Waals surface area contributed by atoms with Crippen LogP contribution in [0.5, 0.6) is 0 Å². The van der Waals surface area contributed by atoms with Crippen molar-refractivity contribution in [2.24, 2.45) is 0 Å². The second kappa shape index (κ2) is 5.93. The number of likely N-dealkylation sites (tertiary alicyclic amines) is 1. The molecule has 2 N–H and O–H groups in total. The van der Waals surface area contributed by atoms with Crippen molar-refractivity contribution >= 4 is 17.5 Å². The van der Waals surface area contributed by atoms with E-state index in [0.717, 1.165) is 0 Å². The second-order valence-corrected chi connectivity index (χ2v) is 5.81. The fourth-order valence-electron chi connectivity index (χ4n) is 2.69. The molecule has 1 aliphatic rings. The number of carbonyl (C=O) groups is 2. The third-order valence-corrected chi connectivity index (χ3v) is 4.20. The van der Waals surface area contributed by atoms with E-state index in [1.807, 2.05) is 0 Å². The normalized spacial score (nSPS) is 15.5. The molecule has 0 aliphatic carbocycles. The highest BCUT2D eigenvalue weighted by molar-refractivity contribution is 6.01. The molecule has 3 rings (SSSR count). The molecule has 1 aromatic heterocycles. The van der Waals surface area contributed by atoms with Crippen molar-refractivity contribution in [2.75, 3.05) is 25.0 Å². The van der Waals surface area contributed by atoms with E-state index in [0.29, 0.717) is 16.9 Å². The van der Waals surface area contributed by atoms with Crippen LogP contribution < -0.4 is 4.90 Å². The first-order chi connectivity index (χ1) is 11.4. The van der Waals surface area contributed by atoms with Crippen LogP contribution in [0.3, 0.4) is 0 Å². The molecular formula is C17H18N4O3. The fourth-order valence-corrected chi connectivity index (χ4v) is 2.69. The lowest BCUT2D eigenvalue weighted by Gasteiger charge is -2.45. The number of hydrogen-bond acceptors (Lipinski definition) is 4. The first kappa shape index (κ1) is 15.9. The molecule has 1 aromatic carbocycles. The summed E-state index contributed by atoms with van der Waals surface area (Å²) >= 11 is 0. The van der Waals surface area contributed by atoms with Crippen LogP contribution in [0.15, 0.2) is 49.2 Å². The van der Waals surface area contributed by atoms with Crippen LogP contribution in [-0.4, -0.2) is 52.2 Å². The zero-order valence-corrected chi connectivity index (χ0v) is 13.3. The smallest absolute Gasteiger partial charge is 0.254 e. The average molecular weight is 326 g/mol. The van der Waals surface area contributed by atoms with E-state index >= 15 is 0 Å². The molecule has 24 heavy (non-hydrogen) atoms. The van der Waals surface area contributed by atoms with Crippen molar-refractivity contribution in [2.45, 2.75) is 5.60 Å². The van der Waals surface area contributed by atoms with Gasteiger partial charge in [0.1, 0.15) is 5.60 Å². The molecule has 2 amide bonds. The van der Waals surface area contributed by atoms with Crippen molar-refractivity contribution in [3.63, 3.8) is 0 Å². The number of carbonyl (C=O) groups excluding carboxylic acids is 2. The number of hydrogen-bond donors (Lipinski definition) is 2. The van der Waals surface area contributed by atoms with E-state index in [1.54, 1.807) is 48.5 Å². The molecule has 124 valence electrons. The van der Waals surface area contributed by atoms with Gasteiger partial charge in [0.05, 0.1) is 18.8 Å². The molecule has 2 aromatic rings.